The summed E-state index contributed by atoms with van der Waals surface area (Å²) < 4.78 is 6.69. The number of non-ortho nitro benzene ring substituents is 1. The molecule has 0 saturated heterocycles. The van der Waals surface area contributed by atoms with Crippen molar-refractivity contribution in [1.82, 2.24) is 4.57 Å². The Hall–Kier alpha value is -3.33. The number of aromatic nitrogens is 1. The molecule has 0 fully saturated rings. The molecule has 3 rings (SSSR count). The van der Waals surface area contributed by atoms with E-state index in [1.54, 1.807) is 11.6 Å². The van der Waals surface area contributed by atoms with E-state index >= 15 is 0 Å². The minimum atomic E-state index is -0.546. The maximum atomic E-state index is 12.4. The molecule has 0 bridgehead atoms. The number of rotatable bonds is 6. The van der Waals surface area contributed by atoms with E-state index < -0.39 is 4.92 Å². The van der Waals surface area contributed by atoms with E-state index in [2.05, 4.69) is 5.32 Å². The molecule has 2 aromatic carbocycles. The molecule has 1 heterocycles. The van der Waals surface area contributed by atoms with Crippen LogP contribution in [0.2, 0.25) is 0 Å². The van der Waals surface area contributed by atoms with E-state index in [9.17, 15) is 19.7 Å². The largest absolute Gasteiger partial charge is 0.495 e. The molecular formula is C19H17N3O5S. The predicted octanol–water partition coefficient (Wildman–Crippen LogP) is 3.19. The van der Waals surface area contributed by atoms with Crippen LogP contribution in [0.1, 0.15) is 0 Å². The fourth-order valence-corrected chi connectivity index (χ4v) is 3.61. The van der Waals surface area contributed by atoms with Crippen molar-refractivity contribution >= 4 is 39.9 Å². The summed E-state index contributed by atoms with van der Waals surface area (Å²) in [4.78, 5) is 35.6. The number of benzene rings is 2. The summed E-state index contributed by atoms with van der Waals surface area (Å²) in [7, 11) is 3.11. The Morgan fingerprint density at radius 3 is 2.71 bits per heavy atom. The first-order valence-corrected chi connectivity index (χ1v) is 9.23. The van der Waals surface area contributed by atoms with Gasteiger partial charge in [-0.05, 0) is 12.1 Å². The summed E-state index contributed by atoms with van der Waals surface area (Å²) in [5.41, 5.74) is 0.678. The second-order valence-corrected chi connectivity index (χ2v) is 6.92. The van der Waals surface area contributed by atoms with Crippen molar-refractivity contribution in [3.63, 3.8) is 0 Å². The summed E-state index contributed by atoms with van der Waals surface area (Å²) >= 11 is 1.22. The van der Waals surface area contributed by atoms with Gasteiger partial charge in [0.05, 0.1) is 29.0 Å². The first kappa shape index (κ1) is 19.4. The zero-order chi connectivity index (χ0) is 20.3. The van der Waals surface area contributed by atoms with Crippen molar-refractivity contribution in [2.75, 3.05) is 18.2 Å². The molecule has 1 N–H and O–H groups in total. The number of ether oxygens (including phenoxy) is 1. The normalized spacial score (nSPS) is 10.6. The highest BCUT2D eigenvalue weighted by atomic mass is 32.2. The number of amides is 1. The van der Waals surface area contributed by atoms with Gasteiger partial charge in [0.15, 0.2) is 0 Å². The van der Waals surface area contributed by atoms with Gasteiger partial charge in [-0.25, -0.2) is 0 Å². The average Bonchev–Trinajstić information content (AvgIpc) is 2.69. The van der Waals surface area contributed by atoms with Crippen LogP contribution >= 0.6 is 11.8 Å². The molecule has 1 amide bonds. The number of carbonyl (C=O) groups excluding carboxylic acids is 1. The Balaban J connectivity index is 1.80. The zero-order valence-electron chi connectivity index (χ0n) is 15.2. The van der Waals surface area contributed by atoms with Crippen molar-refractivity contribution in [2.45, 2.75) is 4.90 Å². The molecule has 0 aliphatic carbocycles. The summed E-state index contributed by atoms with van der Waals surface area (Å²) in [6, 6.07) is 12.9. The van der Waals surface area contributed by atoms with Crippen LogP contribution in [0.25, 0.3) is 10.9 Å². The van der Waals surface area contributed by atoms with Crippen LogP contribution in [0.4, 0.5) is 11.4 Å². The van der Waals surface area contributed by atoms with Gasteiger partial charge in [-0.2, -0.15) is 0 Å². The number of carbonyl (C=O) groups is 1. The SMILES string of the molecule is COc1ccc([N+](=O)[O-])cc1NC(=O)CSc1cc(=O)n(C)c2ccccc12. The second-order valence-electron chi connectivity index (χ2n) is 5.90. The van der Waals surface area contributed by atoms with Gasteiger partial charge < -0.3 is 14.6 Å². The number of thioether (sulfide) groups is 1. The lowest BCUT2D eigenvalue weighted by molar-refractivity contribution is -0.384. The van der Waals surface area contributed by atoms with Gasteiger partial charge in [-0.1, -0.05) is 18.2 Å². The number of anilines is 1. The quantitative estimate of drug-likeness (QED) is 0.388. The summed E-state index contributed by atoms with van der Waals surface area (Å²) in [6.45, 7) is 0. The monoisotopic (exact) mass is 399 g/mol. The molecule has 0 aliphatic heterocycles. The number of hydrogen-bond donors (Lipinski definition) is 1. The van der Waals surface area contributed by atoms with Crippen molar-refractivity contribution in [1.29, 1.82) is 0 Å². The lowest BCUT2D eigenvalue weighted by Crippen LogP contribution is -2.17. The second kappa shape index (κ2) is 8.13. The van der Waals surface area contributed by atoms with Crippen molar-refractivity contribution in [2.24, 2.45) is 7.05 Å². The topological polar surface area (TPSA) is 103 Å². The van der Waals surface area contributed by atoms with Gasteiger partial charge in [0.1, 0.15) is 5.75 Å². The van der Waals surface area contributed by atoms with Crippen LogP contribution < -0.4 is 15.6 Å². The molecule has 0 unspecified atom stereocenters. The Bertz CT molecular complexity index is 1130. The molecule has 0 aliphatic rings. The lowest BCUT2D eigenvalue weighted by Gasteiger charge is -2.11. The Kier molecular flexibility index (Phi) is 5.65. The standard InChI is InChI=1S/C19H17N3O5S/c1-21-15-6-4-3-5-13(15)17(10-19(21)24)28-11-18(23)20-14-9-12(22(25)26)7-8-16(14)27-2/h3-10H,11H2,1-2H3,(H,20,23). The lowest BCUT2D eigenvalue weighted by atomic mass is 10.2. The van der Waals surface area contributed by atoms with Crippen LogP contribution in [-0.2, 0) is 11.8 Å². The van der Waals surface area contributed by atoms with Gasteiger partial charge in [-0.3, -0.25) is 19.7 Å². The minimum Gasteiger partial charge on any atom is -0.495 e. The number of methoxy groups -OCH3 is 1. The molecule has 0 spiro atoms. The van der Waals surface area contributed by atoms with Gasteiger partial charge in [0, 0.05) is 35.5 Å². The number of fused-ring (bicyclic) bond motifs is 1. The smallest absolute Gasteiger partial charge is 0.271 e. The molecule has 0 atom stereocenters. The molecule has 3 aromatic rings. The third-order valence-corrected chi connectivity index (χ3v) is 5.20. The van der Waals surface area contributed by atoms with Crippen LogP contribution in [0.15, 0.2) is 58.2 Å². The molecule has 8 nitrogen and oxygen atoms in total. The molecule has 0 saturated carbocycles. The third-order valence-electron chi connectivity index (χ3n) is 4.14. The van der Waals surface area contributed by atoms with Crippen LogP contribution in [0, 0.1) is 10.1 Å². The molecular weight excluding hydrogens is 382 g/mol. The van der Waals surface area contributed by atoms with E-state index in [-0.39, 0.29) is 28.6 Å². The van der Waals surface area contributed by atoms with Crippen LogP contribution in [-0.4, -0.2) is 28.3 Å². The highest BCUT2D eigenvalue weighted by Crippen LogP contribution is 2.30. The highest BCUT2D eigenvalue weighted by Gasteiger charge is 2.15. The number of para-hydroxylation sites is 1. The first-order chi connectivity index (χ1) is 13.4. The average molecular weight is 399 g/mol. The van der Waals surface area contributed by atoms with E-state index in [0.717, 1.165) is 10.9 Å². The van der Waals surface area contributed by atoms with Crippen LogP contribution in [0.3, 0.4) is 0 Å². The highest BCUT2D eigenvalue weighted by molar-refractivity contribution is 8.00. The van der Waals surface area contributed by atoms with Crippen molar-refractivity contribution < 1.29 is 14.5 Å². The van der Waals surface area contributed by atoms with Crippen LogP contribution in [0.5, 0.6) is 5.75 Å². The summed E-state index contributed by atoms with van der Waals surface area (Å²) in [5.74, 6) is -0.0141. The number of nitrogens with zero attached hydrogens (tertiary/aromatic N) is 2. The van der Waals surface area contributed by atoms with E-state index in [1.165, 1.54) is 43.1 Å². The fourth-order valence-electron chi connectivity index (χ4n) is 2.74. The van der Waals surface area contributed by atoms with Gasteiger partial charge >= 0.3 is 0 Å². The van der Waals surface area contributed by atoms with Crippen molar-refractivity contribution in [3.8, 4) is 5.75 Å². The Morgan fingerprint density at radius 2 is 2.00 bits per heavy atom. The number of hydrogen-bond acceptors (Lipinski definition) is 6. The number of aryl methyl sites for hydroxylation is 1. The van der Waals surface area contributed by atoms with E-state index in [4.69, 9.17) is 4.74 Å². The van der Waals surface area contributed by atoms with E-state index in [0.29, 0.717) is 10.6 Å². The van der Waals surface area contributed by atoms with Crippen molar-refractivity contribution in [3.05, 3.63) is 69.0 Å². The first-order valence-electron chi connectivity index (χ1n) is 8.24. The maximum absolute atomic E-state index is 12.4. The molecule has 9 heteroatoms. The van der Waals surface area contributed by atoms with E-state index in [1.807, 2.05) is 24.3 Å². The molecule has 1 aromatic heterocycles. The zero-order valence-corrected chi connectivity index (χ0v) is 16.0. The van der Waals surface area contributed by atoms with Gasteiger partial charge in [-0.15, -0.1) is 11.8 Å². The fraction of sp³-hybridized carbons (Fsp3) is 0.158. The third kappa shape index (κ3) is 3.99. The number of nitrogens with one attached hydrogen (secondary N) is 1. The molecule has 0 radical (unpaired) electrons. The Labute approximate surface area is 164 Å². The maximum Gasteiger partial charge on any atom is 0.271 e. The summed E-state index contributed by atoms with van der Waals surface area (Å²) in [6.07, 6.45) is 0. The minimum absolute atomic E-state index is 0.0308. The molecule has 144 valence electrons. The predicted molar refractivity (Wildman–Crippen MR) is 108 cm³/mol. The Morgan fingerprint density at radius 1 is 1.25 bits per heavy atom. The molecule has 28 heavy (non-hydrogen) atoms. The number of pyridine rings is 1. The summed E-state index contributed by atoms with van der Waals surface area (Å²) in [5, 5.41) is 14.4. The number of nitro groups is 1. The number of nitro benzene ring substituents is 1. The van der Waals surface area contributed by atoms with Gasteiger partial charge in [0.2, 0.25) is 5.91 Å². The van der Waals surface area contributed by atoms with Gasteiger partial charge in [0.25, 0.3) is 11.2 Å².